The molecule has 0 bridgehead atoms. The summed E-state index contributed by atoms with van der Waals surface area (Å²) in [6.45, 7) is 4.60. The third-order valence-corrected chi connectivity index (χ3v) is 2.40. The second kappa shape index (κ2) is 5.94. The predicted molar refractivity (Wildman–Crippen MR) is 68.6 cm³/mol. The topological polar surface area (TPSA) is 92.9 Å². The van der Waals surface area contributed by atoms with E-state index in [1.807, 2.05) is 6.92 Å². The number of hydrogen-bond donors (Lipinski definition) is 2. The van der Waals surface area contributed by atoms with E-state index < -0.39 is 0 Å². The lowest BCUT2D eigenvalue weighted by atomic mass is 10.2. The van der Waals surface area contributed by atoms with E-state index in [1.165, 1.54) is 0 Å². The van der Waals surface area contributed by atoms with Gasteiger partial charge in [0.15, 0.2) is 5.82 Å². The van der Waals surface area contributed by atoms with Crippen LogP contribution >= 0.6 is 0 Å². The molecular formula is C12H15N5O2. The van der Waals surface area contributed by atoms with Crippen molar-refractivity contribution in [2.45, 2.75) is 20.4 Å². The average molecular weight is 261 g/mol. The lowest BCUT2D eigenvalue weighted by Gasteiger charge is -2.09. The number of rotatable bonds is 5. The summed E-state index contributed by atoms with van der Waals surface area (Å²) in [5.74, 6) is 0.709. The number of nitrogens with zero attached hydrogens (tertiary/aromatic N) is 3. The molecule has 2 aromatic rings. The predicted octanol–water partition coefficient (Wildman–Crippen LogP) is 1.13. The van der Waals surface area contributed by atoms with E-state index in [-0.39, 0.29) is 12.5 Å². The normalized spacial score (nSPS) is 10.2. The molecule has 7 nitrogen and oxygen atoms in total. The molecule has 100 valence electrons. The van der Waals surface area contributed by atoms with Gasteiger partial charge in [-0.3, -0.25) is 9.78 Å². The molecule has 0 atom stereocenters. The van der Waals surface area contributed by atoms with Crippen LogP contribution < -0.4 is 10.6 Å². The maximum Gasteiger partial charge on any atom is 0.253 e. The van der Waals surface area contributed by atoms with Crippen molar-refractivity contribution < 1.29 is 9.32 Å². The molecule has 2 heterocycles. The number of aryl methyl sites for hydroxylation is 1. The molecule has 0 aromatic carbocycles. The maximum atomic E-state index is 12.1. The Morgan fingerprint density at radius 2 is 2.32 bits per heavy atom. The highest BCUT2D eigenvalue weighted by Gasteiger charge is 2.12. The molecular weight excluding hydrogens is 246 g/mol. The quantitative estimate of drug-likeness (QED) is 0.838. The highest BCUT2D eigenvalue weighted by molar-refractivity contribution is 5.99. The molecule has 0 fully saturated rings. The van der Waals surface area contributed by atoms with Crippen LogP contribution in [-0.4, -0.2) is 27.6 Å². The van der Waals surface area contributed by atoms with Crippen LogP contribution in [0.4, 0.5) is 5.69 Å². The van der Waals surface area contributed by atoms with Gasteiger partial charge in [-0.05, 0) is 19.9 Å². The minimum atomic E-state index is -0.214. The summed E-state index contributed by atoms with van der Waals surface area (Å²) in [7, 11) is 0. The molecule has 0 aliphatic heterocycles. The Bertz CT molecular complexity index is 567. The van der Waals surface area contributed by atoms with Gasteiger partial charge < -0.3 is 15.2 Å². The zero-order chi connectivity index (χ0) is 13.7. The van der Waals surface area contributed by atoms with Crippen molar-refractivity contribution in [3.05, 3.63) is 35.7 Å². The number of amides is 1. The third-order valence-electron chi connectivity index (χ3n) is 2.40. The van der Waals surface area contributed by atoms with E-state index in [1.54, 1.807) is 25.4 Å². The second-order valence-corrected chi connectivity index (χ2v) is 3.87. The number of carbonyl (C=O) groups excluding carboxylic acids is 1. The average Bonchev–Trinajstić information content (AvgIpc) is 2.83. The molecule has 0 saturated heterocycles. The monoisotopic (exact) mass is 261 g/mol. The molecule has 0 aliphatic rings. The standard InChI is InChI=1S/C12H15N5O2/c1-3-14-10-6-13-5-4-9(10)12(18)15-7-11-16-8(2)17-19-11/h4-6,14H,3,7H2,1-2H3,(H,15,18). The highest BCUT2D eigenvalue weighted by atomic mass is 16.5. The summed E-state index contributed by atoms with van der Waals surface area (Å²) in [5.41, 5.74) is 1.23. The Morgan fingerprint density at radius 3 is 3.00 bits per heavy atom. The Labute approximate surface area is 110 Å². The van der Waals surface area contributed by atoms with Gasteiger partial charge in [-0.2, -0.15) is 4.98 Å². The van der Waals surface area contributed by atoms with Crippen molar-refractivity contribution in [2.24, 2.45) is 0 Å². The Hall–Kier alpha value is -2.44. The zero-order valence-electron chi connectivity index (χ0n) is 10.8. The zero-order valence-corrected chi connectivity index (χ0v) is 10.8. The maximum absolute atomic E-state index is 12.1. The summed E-state index contributed by atoms with van der Waals surface area (Å²) < 4.78 is 4.92. The molecule has 0 saturated carbocycles. The van der Waals surface area contributed by atoms with Gasteiger partial charge in [0.25, 0.3) is 5.91 Å². The molecule has 0 radical (unpaired) electrons. The van der Waals surface area contributed by atoms with E-state index in [0.29, 0.717) is 23.0 Å². The first-order valence-corrected chi connectivity index (χ1v) is 5.96. The highest BCUT2D eigenvalue weighted by Crippen LogP contribution is 2.12. The molecule has 0 unspecified atom stereocenters. The van der Waals surface area contributed by atoms with E-state index in [4.69, 9.17) is 4.52 Å². The van der Waals surface area contributed by atoms with Gasteiger partial charge in [-0.15, -0.1) is 0 Å². The van der Waals surface area contributed by atoms with Crippen LogP contribution in [0, 0.1) is 6.92 Å². The number of aromatic nitrogens is 3. The summed E-state index contributed by atoms with van der Waals surface area (Å²) in [4.78, 5) is 20.1. The molecule has 0 aliphatic carbocycles. The molecule has 0 spiro atoms. The number of nitrogens with one attached hydrogen (secondary N) is 2. The summed E-state index contributed by atoms with van der Waals surface area (Å²) in [6, 6.07) is 1.66. The first kappa shape index (κ1) is 13.0. The van der Waals surface area contributed by atoms with Crippen LogP contribution in [0.15, 0.2) is 23.0 Å². The number of carbonyl (C=O) groups is 1. The van der Waals surface area contributed by atoms with Crippen molar-refractivity contribution in [1.29, 1.82) is 0 Å². The number of pyridine rings is 1. The largest absolute Gasteiger partial charge is 0.383 e. The van der Waals surface area contributed by atoms with Crippen molar-refractivity contribution in [2.75, 3.05) is 11.9 Å². The third kappa shape index (κ3) is 3.27. The van der Waals surface area contributed by atoms with Gasteiger partial charge in [0.2, 0.25) is 5.89 Å². The van der Waals surface area contributed by atoms with Crippen LogP contribution in [0.3, 0.4) is 0 Å². The van der Waals surface area contributed by atoms with Gasteiger partial charge >= 0.3 is 0 Å². The van der Waals surface area contributed by atoms with Crippen molar-refractivity contribution in [3.63, 3.8) is 0 Å². The Balaban J connectivity index is 2.03. The fraction of sp³-hybridized carbons (Fsp3) is 0.333. The van der Waals surface area contributed by atoms with Gasteiger partial charge in [0, 0.05) is 12.7 Å². The fourth-order valence-electron chi connectivity index (χ4n) is 1.59. The van der Waals surface area contributed by atoms with Crippen molar-refractivity contribution >= 4 is 11.6 Å². The van der Waals surface area contributed by atoms with Crippen LogP contribution in [0.2, 0.25) is 0 Å². The number of anilines is 1. The van der Waals surface area contributed by atoms with Crippen molar-refractivity contribution in [3.8, 4) is 0 Å². The first-order chi connectivity index (χ1) is 9.20. The molecule has 2 rings (SSSR count). The van der Waals surface area contributed by atoms with E-state index in [0.717, 1.165) is 6.54 Å². The molecule has 2 aromatic heterocycles. The van der Waals surface area contributed by atoms with Crippen LogP contribution in [-0.2, 0) is 6.54 Å². The van der Waals surface area contributed by atoms with Gasteiger partial charge in [-0.1, -0.05) is 5.16 Å². The van der Waals surface area contributed by atoms with Crippen LogP contribution in [0.5, 0.6) is 0 Å². The Morgan fingerprint density at radius 1 is 1.47 bits per heavy atom. The van der Waals surface area contributed by atoms with E-state index in [9.17, 15) is 4.79 Å². The molecule has 1 amide bonds. The summed E-state index contributed by atoms with van der Waals surface area (Å²) in [6.07, 6.45) is 3.20. The van der Waals surface area contributed by atoms with Gasteiger partial charge in [0.1, 0.15) is 0 Å². The minimum absolute atomic E-state index is 0.202. The summed E-state index contributed by atoms with van der Waals surface area (Å²) >= 11 is 0. The summed E-state index contributed by atoms with van der Waals surface area (Å²) in [5, 5.41) is 9.46. The van der Waals surface area contributed by atoms with E-state index >= 15 is 0 Å². The SMILES string of the molecule is CCNc1cnccc1C(=O)NCc1nc(C)no1. The number of hydrogen-bond acceptors (Lipinski definition) is 6. The van der Waals surface area contributed by atoms with Crippen molar-refractivity contribution in [1.82, 2.24) is 20.4 Å². The molecule has 2 N–H and O–H groups in total. The first-order valence-electron chi connectivity index (χ1n) is 5.96. The smallest absolute Gasteiger partial charge is 0.253 e. The lowest BCUT2D eigenvalue weighted by Crippen LogP contribution is -2.24. The Kier molecular flexibility index (Phi) is 4.07. The second-order valence-electron chi connectivity index (χ2n) is 3.87. The minimum Gasteiger partial charge on any atom is -0.383 e. The molecule has 7 heteroatoms. The lowest BCUT2D eigenvalue weighted by molar-refractivity contribution is 0.0947. The van der Waals surface area contributed by atoms with E-state index in [2.05, 4.69) is 25.8 Å². The van der Waals surface area contributed by atoms with Crippen LogP contribution in [0.1, 0.15) is 29.0 Å². The van der Waals surface area contributed by atoms with Gasteiger partial charge in [-0.25, -0.2) is 0 Å². The van der Waals surface area contributed by atoms with Crippen LogP contribution in [0.25, 0.3) is 0 Å². The van der Waals surface area contributed by atoms with Gasteiger partial charge in [0.05, 0.1) is 24.0 Å². The molecule has 19 heavy (non-hydrogen) atoms. The fourth-order valence-corrected chi connectivity index (χ4v) is 1.59.